The first-order valence-electron chi connectivity index (χ1n) is 5.80. The van der Waals surface area contributed by atoms with Crippen LogP contribution in [-0.4, -0.2) is 10.2 Å². The van der Waals surface area contributed by atoms with E-state index >= 15 is 0 Å². The largest absolute Gasteiger partial charge is 0.516 e. The van der Waals surface area contributed by atoms with E-state index in [2.05, 4.69) is 0 Å². The molecule has 0 fully saturated rings. The van der Waals surface area contributed by atoms with Gasteiger partial charge in [-0.15, -0.1) is 0 Å². The zero-order valence-electron chi connectivity index (χ0n) is 10.6. The molecule has 0 aromatic heterocycles. The third kappa shape index (κ3) is 5.83. The van der Waals surface area contributed by atoms with E-state index in [-0.39, 0.29) is 10.3 Å². The van der Waals surface area contributed by atoms with E-state index in [1.807, 2.05) is 48.5 Å². The van der Waals surface area contributed by atoms with Crippen LogP contribution in [-0.2, 0) is 0 Å². The van der Waals surface area contributed by atoms with Crippen LogP contribution >= 0.6 is 23.2 Å². The number of halogens is 2. The lowest BCUT2D eigenvalue weighted by molar-refractivity contribution is 0.456. The summed E-state index contributed by atoms with van der Waals surface area (Å²) in [5.74, 6) is 0. The fourth-order valence-electron chi connectivity index (χ4n) is 1.35. The second-order valence-electron chi connectivity index (χ2n) is 3.70. The third-order valence-electron chi connectivity index (χ3n) is 2.27. The normalized spacial score (nSPS) is 11.5. The molecule has 104 valence electrons. The van der Waals surface area contributed by atoms with Gasteiger partial charge >= 0.3 is 0 Å². The summed E-state index contributed by atoms with van der Waals surface area (Å²) in [6, 6.07) is 18.7. The van der Waals surface area contributed by atoms with Gasteiger partial charge in [-0.25, -0.2) is 0 Å². The van der Waals surface area contributed by atoms with Gasteiger partial charge < -0.3 is 10.2 Å². The van der Waals surface area contributed by atoms with Crippen molar-refractivity contribution in [3.63, 3.8) is 0 Å². The molecule has 0 aliphatic heterocycles. The summed E-state index contributed by atoms with van der Waals surface area (Å²) in [6.07, 6.45) is 2.68. The summed E-state index contributed by atoms with van der Waals surface area (Å²) < 4.78 is 0. The first-order chi connectivity index (χ1) is 9.65. The molecule has 2 N–H and O–H groups in total. The zero-order chi connectivity index (χ0) is 14.8. The predicted octanol–water partition coefficient (Wildman–Crippen LogP) is 5.56. The lowest BCUT2D eigenvalue weighted by atomic mass is 10.2. The van der Waals surface area contributed by atoms with E-state index in [1.54, 1.807) is 18.2 Å². The summed E-state index contributed by atoms with van der Waals surface area (Å²) in [7, 11) is 0. The number of aliphatic hydroxyl groups excluding tert-OH is 2. The molecule has 0 saturated heterocycles. The van der Waals surface area contributed by atoms with Gasteiger partial charge in [-0.2, -0.15) is 0 Å². The highest BCUT2D eigenvalue weighted by Crippen LogP contribution is 2.22. The molecule has 2 rings (SSSR count). The SMILES string of the molecule is OC(Cl)=C(Cl)c1ccccc1.OC=Cc1ccccc1. The van der Waals surface area contributed by atoms with Crippen LogP contribution in [0.4, 0.5) is 0 Å². The summed E-state index contributed by atoms with van der Waals surface area (Å²) in [5, 5.41) is 16.9. The molecule has 0 saturated carbocycles. The molecule has 0 atom stereocenters. The average Bonchev–Trinajstić information content (AvgIpc) is 2.49. The molecule has 2 nitrogen and oxygen atoms in total. The van der Waals surface area contributed by atoms with Crippen molar-refractivity contribution >= 4 is 34.3 Å². The van der Waals surface area contributed by atoms with Crippen molar-refractivity contribution in [2.45, 2.75) is 0 Å². The molecular formula is C16H14Cl2O2. The van der Waals surface area contributed by atoms with E-state index in [9.17, 15) is 0 Å². The second kappa shape index (κ2) is 9.08. The van der Waals surface area contributed by atoms with Crippen LogP contribution in [0.5, 0.6) is 0 Å². The minimum Gasteiger partial charge on any atom is -0.516 e. The quantitative estimate of drug-likeness (QED) is 0.713. The average molecular weight is 309 g/mol. The minimum atomic E-state index is -0.377. The first-order valence-corrected chi connectivity index (χ1v) is 6.56. The van der Waals surface area contributed by atoms with E-state index in [0.29, 0.717) is 5.56 Å². The Balaban J connectivity index is 0.000000204. The van der Waals surface area contributed by atoms with Crippen LogP contribution in [0.25, 0.3) is 11.1 Å². The number of hydrogen-bond donors (Lipinski definition) is 2. The number of rotatable bonds is 2. The van der Waals surface area contributed by atoms with Crippen molar-refractivity contribution in [2.24, 2.45) is 0 Å². The van der Waals surface area contributed by atoms with Gasteiger partial charge in [0.15, 0.2) is 0 Å². The summed E-state index contributed by atoms with van der Waals surface area (Å²) in [5.41, 5.74) is 1.72. The number of aliphatic hydroxyl groups is 2. The van der Waals surface area contributed by atoms with Crippen molar-refractivity contribution < 1.29 is 10.2 Å². The second-order valence-corrected chi connectivity index (χ2v) is 4.43. The molecule has 0 bridgehead atoms. The van der Waals surface area contributed by atoms with Crippen molar-refractivity contribution in [3.8, 4) is 0 Å². The van der Waals surface area contributed by atoms with Gasteiger partial charge in [-0.1, -0.05) is 72.3 Å². The van der Waals surface area contributed by atoms with Crippen molar-refractivity contribution in [1.29, 1.82) is 0 Å². The highest BCUT2D eigenvalue weighted by molar-refractivity contribution is 6.53. The highest BCUT2D eigenvalue weighted by atomic mass is 35.5. The van der Waals surface area contributed by atoms with Crippen LogP contribution in [0.3, 0.4) is 0 Å². The molecule has 2 aromatic carbocycles. The molecule has 0 spiro atoms. The Kier molecular flexibility index (Phi) is 7.33. The Morgan fingerprint density at radius 3 is 1.80 bits per heavy atom. The maximum Gasteiger partial charge on any atom is 0.204 e. The molecule has 0 radical (unpaired) electrons. The number of hydrogen-bond acceptors (Lipinski definition) is 2. The minimum absolute atomic E-state index is 0.173. The topological polar surface area (TPSA) is 40.5 Å². The van der Waals surface area contributed by atoms with Gasteiger partial charge in [-0.05, 0) is 28.8 Å². The molecule has 20 heavy (non-hydrogen) atoms. The maximum absolute atomic E-state index is 8.79. The van der Waals surface area contributed by atoms with E-state index in [1.165, 1.54) is 0 Å². The van der Waals surface area contributed by atoms with E-state index in [4.69, 9.17) is 33.4 Å². The standard InChI is InChI=1S/C8H6Cl2O.C8H8O/c9-7(8(10)11)6-4-2-1-3-5-6;9-7-6-8-4-2-1-3-5-8/h1-5,11H;1-7,9H. The maximum atomic E-state index is 8.79. The van der Waals surface area contributed by atoms with Gasteiger partial charge in [-0.3, -0.25) is 0 Å². The van der Waals surface area contributed by atoms with Gasteiger partial charge in [0, 0.05) is 0 Å². The predicted molar refractivity (Wildman–Crippen MR) is 85.8 cm³/mol. The van der Waals surface area contributed by atoms with Crippen molar-refractivity contribution in [2.75, 3.05) is 0 Å². The summed E-state index contributed by atoms with van der Waals surface area (Å²) in [4.78, 5) is 0. The number of benzene rings is 2. The molecule has 0 unspecified atom stereocenters. The van der Waals surface area contributed by atoms with Gasteiger partial charge in [0.1, 0.15) is 5.03 Å². The summed E-state index contributed by atoms with van der Waals surface area (Å²) >= 11 is 10.9. The van der Waals surface area contributed by atoms with Crippen LogP contribution in [0.1, 0.15) is 11.1 Å². The van der Waals surface area contributed by atoms with Gasteiger partial charge in [0.2, 0.25) is 5.22 Å². The van der Waals surface area contributed by atoms with Crippen molar-refractivity contribution in [3.05, 3.63) is 83.3 Å². The lowest BCUT2D eigenvalue weighted by Gasteiger charge is -1.96. The fourth-order valence-corrected chi connectivity index (χ4v) is 1.59. The Morgan fingerprint density at radius 1 is 0.850 bits per heavy atom. The molecule has 0 heterocycles. The van der Waals surface area contributed by atoms with Gasteiger partial charge in [0.25, 0.3) is 0 Å². The molecule has 0 amide bonds. The van der Waals surface area contributed by atoms with E-state index < -0.39 is 0 Å². The monoisotopic (exact) mass is 308 g/mol. The lowest BCUT2D eigenvalue weighted by Crippen LogP contribution is -1.77. The highest BCUT2D eigenvalue weighted by Gasteiger charge is 2.00. The van der Waals surface area contributed by atoms with Crippen LogP contribution in [0, 0.1) is 0 Å². The Labute approximate surface area is 128 Å². The molecular weight excluding hydrogens is 295 g/mol. The van der Waals surface area contributed by atoms with E-state index in [0.717, 1.165) is 11.8 Å². The smallest absolute Gasteiger partial charge is 0.204 e. The molecule has 4 heteroatoms. The van der Waals surface area contributed by atoms with Crippen LogP contribution in [0.2, 0.25) is 0 Å². The first kappa shape index (κ1) is 16.2. The fraction of sp³-hybridized carbons (Fsp3) is 0. The Bertz CT molecular complexity index is 560. The molecule has 0 aliphatic carbocycles. The zero-order valence-corrected chi connectivity index (χ0v) is 12.1. The van der Waals surface area contributed by atoms with Gasteiger partial charge in [0.05, 0.1) is 6.26 Å². The Morgan fingerprint density at radius 2 is 1.35 bits per heavy atom. The molecule has 2 aromatic rings. The third-order valence-corrected chi connectivity index (χ3v) is 2.96. The Hall–Kier alpha value is -1.90. The van der Waals surface area contributed by atoms with Crippen LogP contribution < -0.4 is 0 Å². The van der Waals surface area contributed by atoms with Crippen LogP contribution in [0.15, 0.2) is 72.1 Å². The molecule has 0 aliphatic rings. The summed E-state index contributed by atoms with van der Waals surface area (Å²) in [6.45, 7) is 0. The van der Waals surface area contributed by atoms with Crippen molar-refractivity contribution in [1.82, 2.24) is 0 Å².